The number of β-amino-alcohol motifs (C(OH)–C–C–N with tert-alkyl or cyclic N) is 1. The molecule has 1 aromatic carbocycles. The van der Waals surface area contributed by atoms with Crippen LogP contribution in [-0.4, -0.2) is 34.6 Å². The monoisotopic (exact) mass is 327 g/mol. The molecule has 24 heavy (non-hydrogen) atoms. The summed E-state index contributed by atoms with van der Waals surface area (Å²) in [6, 6.07) is 11.8. The normalized spacial score (nSPS) is 21.3. The maximum atomic E-state index is 12.5. The summed E-state index contributed by atoms with van der Waals surface area (Å²) in [5.41, 5.74) is 1.52. The van der Waals surface area contributed by atoms with E-state index in [0.717, 1.165) is 5.56 Å². The average molecular weight is 327 g/mol. The summed E-state index contributed by atoms with van der Waals surface area (Å²) in [6.45, 7) is 9.19. The van der Waals surface area contributed by atoms with Crippen LogP contribution in [0.15, 0.2) is 40.8 Å². The van der Waals surface area contributed by atoms with E-state index in [1.807, 2.05) is 18.2 Å². The summed E-state index contributed by atoms with van der Waals surface area (Å²) in [5.74, 6) is 0.845. The van der Waals surface area contributed by atoms with Crippen LogP contribution >= 0.6 is 0 Å². The fourth-order valence-corrected chi connectivity index (χ4v) is 3.02. The smallest absolute Gasteiger partial charge is 0.289 e. The Morgan fingerprint density at radius 2 is 1.83 bits per heavy atom. The molecule has 1 N–H and O–H groups in total. The number of likely N-dealkylation sites (tertiary alicyclic amines) is 1. The van der Waals surface area contributed by atoms with Crippen molar-refractivity contribution in [1.29, 1.82) is 0 Å². The van der Waals surface area contributed by atoms with Gasteiger partial charge in [-0.1, -0.05) is 45.0 Å². The van der Waals surface area contributed by atoms with Gasteiger partial charge in [0, 0.05) is 18.7 Å². The molecule has 2 aromatic rings. The summed E-state index contributed by atoms with van der Waals surface area (Å²) in [6.07, 6.45) is 0.598. The Kier molecular flexibility index (Phi) is 4.04. The summed E-state index contributed by atoms with van der Waals surface area (Å²) >= 11 is 0. The van der Waals surface area contributed by atoms with E-state index in [-0.39, 0.29) is 11.3 Å². The van der Waals surface area contributed by atoms with Crippen molar-refractivity contribution < 1.29 is 14.3 Å². The first-order valence-electron chi connectivity index (χ1n) is 8.38. The SMILES string of the molecule is CC1(O)CCN(C(=O)c2ccc(-c3ccc(C(C)(C)C)cc3)o2)C1. The van der Waals surface area contributed by atoms with Gasteiger partial charge in [0.25, 0.3) is 5.91 Å². The number of furan rings is 1. The van der Waals surface area contributed by atoms with Crippen molar-refractivity contribution in [2.24, 2.45) is 0 Å². The first kappa shape index (κ1) is 16.8. The molecule has 1 aliphatic heterocycles. The lowest BCUT2D eigenvalue weighted by molar-refractivity contribution is 0.0555. The zero-order valence-corrected chi connectivity index (χ0v) is 14.8. The van der Waals surface area contributed by atoms with Crippen molar-refractivity contribution >= 4 is 5.91 Å². The van der Waals surface area contributed by atoms with Crippen LogP contribution in [0.1, 0.15) is 50.2 Å². The average Bonchev–Trinajstić information content (AvgIpc) is 3.12. The van der Waals surface area contributed by atoms with Crippen LogP contribution in [0.3, 0.4) is 0 Å². The Bertz CT molecular complexity index is 735. The molecule has 3 rings (SSSR count). The lowest BCUT2D eigenvalue weighted by Crippen LogP contribution is -2.33. The zero-order chi connectivity index (χ0) is 17.5. The highest BCUT2D eigenvalue weighted by atomic mass is 16.4. The molecule has 1 aliphatic rings. The van der Waals surface area contributed by atoms with Gasteiger partial charge in [0.1, 0.15) is 5.76 Å². The summed E-state index contributed by atoms with van der Waals surface area (Å²) in [5, 5.41) is 10.0. The molecule has 0 spiro atoms. The van der Waals surface area contributed by atoms with E-state index in [0.29, 0.717) is 31.0 Å². The van der Waals surface area contributed by atoms with Crippen LogP contribution in [-0.2, 0) is 5.41 Å². The highest BCUT2D eigenvalue weighted by Gasteiger charge is 2.35. The quantitative estimate of drug-likeness (QED) is 0.912. The molecule has 0 radical (unpaired) electrons. The largest absolute Gasteiger partial charge is 0.451 e. The van der Waals surface area contributed by atoms with Crippen molar-refractivity contribution in [1.82, 2.24) is 4.90 Å². The highest BCUT2D eigenvalue weighted by molar-refractivity contribution is 5.92. The number of hydrogen-bond acceptors (Lipinski definition) is 3. The molecule has 0 aliphatic carbocycles. The number of benzene rings is 1. The molecule has 128 valence electrons. The minimum absolute atomic E-state index is 0.107. The molecule has 1 unspecified atom stereocenters. The number of carbonyl (C=O) groups is 1. The summed E-state index contributed by atoms with van der Waals surface area (Å²) in [7, 11) is 0. The van der Waals surface area contributed by atoms with Gasteiger partial charge in [-0.3, -0.25) is 4.79 Å². The maximum Gasteiger partial charge on any atom is 0.289 e. The second-order valence-corrected chi connectivity index (χ2v) is 7.96. The van der Waals surface area contributed by atoms with Crippen molar-refractivity contribution in [3.05, 3.63) is 47.7 Å². The highest BCUT2D eigenvalue weighted by Crippen LogP contribution is 2.28. The Morgan fingerprint density at radius 3 is 2.38 bits per heavy atom. The number of aliphatic hydroxyl groups is 1. The Balaban J connectivity index is 1.77. The van der Waals surface area contributed by atoms with E-state index < -0.39 is 5.60 Å². The first-order chi connectivity index (χ1) is 11.2. The van der Waals surface area contributed by atoms with Crippen molar-refractivity contribution in [2.45, 2.75) is 45.1 Å². The van der Waals surface area contributed by atoms with Crippen molar-refractivity contribution in [3.63, 3.8) is 0 Å². The fraction of sp³-hybridized carbons (Fsp3) is 0.450. The Hall–Kier alpha value is -2.07. The van der Waals surface area contributed by atoms with E-state index in [1.54, 1.807) is 17.9 Å². The molecule has 1 atom stereocenters. The van der Waals surface area contributed by atoms with Crippen LogP contribution in [0.2, 0.25) is 0 Å². The summed E-state index contributed by atoms with van der Waals surface area (Å²) < 4.78 is 5.76. The predicted octanol–water partition coefficient (Wildman–Crippen LogP) is 3.84. The second-order valence-electron chi connectivity index (χ2n) is 7.96. The van der Waals surface area contributed by atoms with E-state index in [2.05, 4.69) is 32.9 Å². The predicted molar refractivity (Wildman–Crippen MR) is 94.0 cm³/mol. The molecule has 0 saturated carbocycles. The minimum atomic E-state index is -0.798. The van der Waals surface area contributed by atoms with Gasteiger partial charge in [0.2, 0.25) is 0 Å². The molecule has 1 aromatic heterocycles. The van der Waals surface area contributed by atoms with Gasteiger partial charge in [-0.2, -0.15) is 0 Å². The number of carbonyl (C=O) groups excluding carboxylic acids is 1. The number of hydrogen-bond donors (Lipinski definition) is 1. The van der Waals surface area contributed by atoms with Crippen LogP contribution < -0.4 is 0 Å². The molecule has 1 saturated heterocycles. The molecule has 4 heteroatoms. The van der Waals surface area contributed by atoms with Gasteiger partial charge in [0.05, 0.1) is 5.60 Å². The van der Waals surface area contributed by atoms with Crippen LogP contribution in [0.25, 0.3) is 11.3 Å². The molecular formula is C20H25NO3. The van der Waals surface area contributed by atoms with E-state index >= 15 is 0 Å². The number of rotatable bonds is 2. The van der Waals surface area contributed by atoms with E-state index in [4.69, 9.17) is 4.42 Å². The van der Waals surface area contributed by atoms with Crippen LogP contribution in [0.4, 0.5) is 0 Å². The molecule has 1 fully saturated rings. The molecule has 1 amide bonds. The van der Waals surface area contributed by atoms with E-state index in [1.165, 1.54) is 5.56 Å². The third kappa shape index (κ3) is 3.39. The van der Waals surface area contributed by atoms with E-state index in [9.17, 15) is 9.90 Å². The van der Waals surface area contributed by atoms with Gasteiger partial charge >= 0.3 is 0 Å². The molecular weight excluding hydrogens is 302 g/mol. The number of nitrogens with zero attached hydrogens (tertiary/aromatic N) is 1. The number of amides is 1. The third-order valence-corrected chi connectivity index (χ3v) is 4.59. The van der Waals surface area contributed by atoms with Crippen molar-refractivity contribution in [2.75, 3.05) is 13.1 Å². The van der Waals surface area contributed by atoms with Gasteiger partial charge in [-0.05, 0) is 36.5 Å². The zero-order valence-electron chi connectivity index (χ0n) is 14.8. The second kappa shape index (κ2) is 5.78. The topological polar surface area (TPSA) is 53.7 Å². The minimum Gasteiger partial charge on any atom is -0.451 e. The Morgan fingerprint density at radius 1 is 1.17 bits per heavy atom. The third-order valence-electron chi connectivity index (χ3n) is 4.59. The standard InChI is InChI=1S/C20H25NO3/c1-19(2,3)15-7-5-14(6-8-15)16-9-10-17(24-16)18(22)21-12-11-20(4,23)13-21/h5-10,23H,11-13H2,1-4H3. The molecule has 0 bridgehead atoms. The summed E-state index contributed by atoms with van der Waals surface area (Å²) in [4.78, 5) is 14.1. The Labute approximate surface area is 143 Å². The lowest BCUT2D eigenvalue weighted by atomic mass is 9.86. The van der Waals surface area contributed by atoms with Crippen molar-refractivity contribution in [3.8, 4) is 11.3 Å². The molecule has 4 nitrogen and oxygen atoms in total. The maximum absolute atomic E-state index is 12.5. The fourth-order valence-electron chi connectivity index (χ4n) is 3.02. The lowest BCUT2D eigenvalue weighted by Gasteiger charge is -2.19. The first-order valence-corrected chi connectivity index (χ1v) is 8.38. The van der Waals surface area contributed by atoms with Crippen LogP contribution in [0.5, 0.6) is 0 Å². The van der Waals surface area contributed by atoms with Crippen LogP contribution in [0, 0.1) is 0 Å². The van der Waals surface area contributed by atoms with Gasteiger partial charge in [-0.25, -0.2) is 0 Å². The molecule has 2 heterocycles. The van der Waals surface area contributed by atoms with Gasteiger partial charge < -0.3 is 14.4 Å². The van der Waals surface area contributed by atoms with Gasteiger partial charge in [-0.15, -0.1) is 0 Å². The van der Waals surface area contributed by atoms with Gasteiger partial charge in [0.15, 0.2) is 5.76 Å².